The van der Waals surface area contributed by atoms with Crippen LogP contribution >= 0.6 is 0 Å². The maximum Gasteiger partial charge on any atom is 0.199 e. The van der Waals surface area contributed by atoms with Gasteiger partial charge in [-0.2, -0.15) is 0 Å². The number of anilines is 1. The molecule has 27 heavy (non-hydrogen) atoms. The molecule has 1 spiro atoms. The van der Waals surface area contributed by atoms with Gasteiger partial charge < -0.3 is 4.90 Å². The van der Waals surface area contributed by atoms with Gasteiger partial charge in [-0.1, -0.05) is 72.8 Å². The molecule has 0 aromatic heterocycles. The molecule has 1 unspecified atom stereocenters. The van der Waals surface area contributed by atoms with Crippen LogP contribution < -0.4 is 4.90 Å². The minimum atomic E-state index is -0.806. The van der Waals surface area contributed by atoms with Crippen LogP contribution in [-0.4, -0.2) is 12.3 Å². The minimum Gasteiger partial charge on any atom is -0.347 e. The lowest BCUT2D eigenvalue weighted by molar-refractivity contribution is 0.0933. The summed E-state index contributed by atoms with van der Waals surface area (Å²) in [5, 5.41) is 0. The van der Waals surface area contributed by atoms with Crippen molar-refractivity contribution in [2.75, 3.05) is 11.4 Å². The largest absolute Gasteiger partial charge is 0.347 e. The third kappa shape index (κ3) is 2.04. The number of hydrogen-bond donors (Lipinski definition) is 0. The molecule has 0 N–H and O–H groups in total. The number of Topliss-reactive ketones (excluding diaryl/α,β-unsaturated/α-hetero) is 1. The van der Waals surface area contributed by atoms with Crippen LogP contribution in [0.5, 0.6) is 0 Å². The number of rotatable bonds is 3. The van der Waals surface area contributed by atoms with Crippen LogP contribution in [0, 0.1) is 0 Å². The molecule has 0 fully saturated rings. The van der Waals surface area contributed by atoms with Gasteiger partial charge in [-0.3, -0.25) is 4.79 Å². The van der Waals surface area contributed by atoms with E-state index < -0.39 is 5.54 Å². The minimum absolute atomic E-state index is 0.137. The molecule has 1 atom stereocenters. The summed E-state index contributed by atoms with van der Waals surface area (Å²) in [7, 11) is 0. The van der Waals surface area contributed by atoms with E-state index in [4.69, 9.17) is 0 Å². The third-order valence-electron chi connectivity index (χ3n) is 5.59. The van der Waals surface area contributed by atoms with Gasteiger partial charge in [-0.15, -0.1) is 6.58 Å². The highest BCUT2D eigenvalue weighted by Crippen LogP contribution is 2.53. The van der Waals surface area contributed by atoms with Gasteiger partial charge in [-0.05, 0) is 40.5 Å². The Morgan fingerprint density at radius 3 is 2.30 bits per heavy atom. The predicted molar refractivity (Wildman–Crippen MR) is 110 cm³/mol. The van der Waals surface area contributed by atoms with Crippen molar-refractivity contribution in [3.05, 3.63) is 120 Å². The van der Waals surface area contributed by atoms with E-state index in [9.17, 15) is 4.79 Å². The maximum absolute atomic E-state index is 13.7. The molecule has 2 heteroatoms. The van der Waals surface area contributed by atoms with Gasteiger partial charge in [0, 0.05) is 17.8 Å². The fraction of sp³-hybridized carbons (Fsp3) is 0.0800. The molecule has 2 aliphatic rings. The Morgan fingerprint density at radius 2 is 1.52 bits per heavy atom. The van der Waals surface area contributed by atoms with E-state index in [-0.39, 0.29) is 5.78 Å². The Kier molecular flexibility index (Phi) is 3.41. The van der Waals surface area contributed by atoms with E-state index in [1.807, 2.05) is 60.7 Å². The molecule has 0 bridgehead atoms. The maximum atomic E-state index is 13.7. The zero-order chi connectivity index (χ0) is 18.4. The fourth-order valence-corrected chi connectivity index (χ4v) is 4.47. The van der Waals surface area contributed by atoms with Crippen molar-refractivity contribution in [3.8, 4) is 0 Å². The van der Waals surface area contributed by atoms with E-state index >= 15 is 0 Å². The first-order valence-electron chi connectivity index (χ1n) is 9.18. The highest BCUT2D eigenvalue weighted by atomic mass is 16.1. The Balaban J connectivity index is 1.82. The van der Waals surface area contributed by atoms with Gasteiger partial charge in [-0.25, -0.2) is 0 Å². The molecule has 0 radical (unpaired) electrons. The van der Waals surface area contributed by atoms with Gasteiger partial charge in [0.2, 0.25) is 0 Å². The fourth-order valence-electron chi connectivity index (χ4n) is 4.47. The van der Waals surface area contributed by atoms with Crippen LogP contribution in [0.1, 0.15) is 27.0 Å². The summed E-state index contributed by atoms with van der Waals surface area (Å²) in [6.45, 7) is 4.54. The van der Waals surface area contributed by atoms with Gasteiger partial charge in [0.25, 0.3) is 0 Å². The summed E-state index contributed by atoms with van der Waals surface area (Å²) >= 11 is 0. The molecule has 1 aliphatic carbocycles. The van der Waals surface area contributed by atoms with Crippen molar-refractivity contribution in [2.45, 2.75) is 5.54 Å². The lowest BCUT2D eigenvalue weighted by Gasteiger charge is -2.34. The first kappa shape index (κ1) is 15.8. The zero-order valence-electron chi connectivity index (χ0n) is 14.9. The van der Waals surface area contributed by atoms with Crippen molar-refractivity contribution in [3.63, 3.8) is 0 Å². The number of hydrogen-bond acceptors (Lipinski definition) is 2. The predicted octanol–water partition coefficient (Wildman–Crippen LogP) is 5.22. The Labute approximate surface area is 159 Å². The molecule has 3 aromatic rings. The number of carbonyl (C=O) groups is 1. The van der Waals surface area contributed by atoms with Crippen LogP contribution in [-0.2, 0) is 5.54 Å². The van der Waals surface area contributed by atoms with Gasteiger partial charge in [0.1, 0.15) is 5.54 Å². The number of fused-ring (bicyclic) bond motifs is 3. The van der Waals surface area contributed by atoms with Crippen LogP contribution in [0.25, 0.3) is 5.57 Å². The Bertz CT molecular complexity index is 1100. The average Bonchev–Trinajstić information content (AvgIpc) is 3.19. The smallest absolute Gasteiger partial charge is 0.199 e. The number of carbonyl (C=O) groups excluding carboxylic acids is 1. The third-order valence-corrected chi connectivity index (χ3v) is 5.59. The molecule has 3 aromatic carbocycles. The lowest BCUT2D eigenvalue weighted by atomic mass is 9.86. The quantitative estimate of drug-likeness (QED) is 0.605. The van der Waals surface area contributed by atoms with Gasteiger partial charge in [0.05, 0.1) is 0 Å². The number of para-hydroxylation sites is 1. The van der Waals surface area contributed by atoms with Crippen LogP contribution in [0.4, 0.5) is 5.69 Å². The molecule has 1 aliphatic heterocycles. The molecule has 0 amide bonds. The van der Waals surface area contributed by atoms with Crippen molar-refractivity contribution in [2.24, 2.45) is 0 Å². The molecule has 130 valence electrons. The van der Waals surface area contributed by atoms with Crippen molar-refractivity contribution in [1.82, 2.24) is 0 Å². The zero-order valence-corrected chi connectivity index (χ0v) is 14.9. The summed E-state index contributed by atoms with van der Waals surface area (Å²) in [5.74, 6) is 0.137. The van der Waals surface area contributed by atoms with Crippen molar-refractivity contribution >= 4 is 17.0 Å². The molecular formula is C25H19NO. The van der Waals surface area contributed by atoms with E-state index in [0.717, 1.165) is 33.5 Å². The Hall–Kier alpha value is -3.39. The van der Waals surface area contributed by atoms with E-state index in [1.54, 1.807) is 0 Å². The summed E-state index contributed by atoms with van der Waals surface area (Å²) in [4.78, 5) is 15.9. The topological polar surface area (TPSA) is 20.3 Å². The first-order chi connectivity index (χ1) is 13.3. The van der Waals surface area contributed by atoms with Crippen LogP contribution in [0.15, 0.2) is 97.6 Å². The SMILES string of the molecule is C=CCN1c2ccccc2C(=O)C12C=C(c1ccccc1)c1ccccc12. The summed E-state index contributed by atoms with van der Waals surface area (Å²) in [5.41, 5.74) is 5.36. The normalized spacial score (nSPS) is 19.8. The average molecular weight is 349 g/mol. The molecular weight excluding hydrogens is 330 g/mol. The lowest BCUT2D eigenvalue weighted by Crippen LogP contribution is -2.45. The number of ketones is 1. The van der Waals surface area contributed by atoms with E-state index in [0.29, 0.717) is 6.54 Å². The summed E-state index contributed by atoms with van der Waals surface area (Å²) in [6.07, 6.45) is 4.02. The molecule has 2 nitrogen and oxygen atoms in total. The number of benzene rings is 3. The molecule has 0 saturated carbocycles. The molecule has 1 heterocycles. The van der Waals surface area contributed by atoms with Gasteiger partial charge in [0.15, 0.2) is 5.78 Å². The van der Waals surface area contributed by atoms with Crippen molar-refractivity contribution in [1.29, 1.82) is 0 Å². The van der Waals surface area contributed by atoms with E-state index in [2.05, 4.69) is 41.8 Å². The molecule has 0 saturated heterocycles. The van der Waals surface area contributed by atoms with E-state index in [1.165, 1.54) is 0 Å². The second-order valence-corrected chi connectivity index (χ2v) is 6.98. The van der Waals surface area contributed by atoms with Gasteiger partial charge >= 0.3 is 0 Å². The van der Waals surface area contributed by atoms with Crippen LogP contribution in [0.2, 0.25) is 0 Å². The van der Waals surface area contributed by atoms with Crippen LogP contribution in [0.3, 0.4) is 0 Å². The first-order valence-corrected chi connectivity index (χ1v) is 9.18. The summed E-state index contributed by atoms with van der Waals surface area (Å²) < 4.78 is 0. The number of nitrogens with zero attached hydrogens (tertiary/aromatic N) is 1. The second-order valence-electron chi connectivity index (χ2n) is 6.98. The second kappa shape index (κ2) is 5.82. The molecule has 5 rings (SSSR count). The monoisotopic (exact) mass is 349 g/mol. The summed E-state index contributed by atoms with van der Waals surface area (Å²) in [6, 6.07) is 26.4. The Morgan fingerprint density at radius 1 is 0.852 bits per heavy atom. The highest BCUT2D eigenvalue weighted by molar-refractivity contribution is 6.18. The van der Waals surface area contributed by atoms with Crippen molar-refractivity contribution < 1.29 is 4.79 Å². The standard InChI is InChI=1S/C25H19NO/c1-2-16-26-23-15-9-7-13-20(23)24(27)25(26)17-21(18-10-4-3-5-11-18)19-12-6-8-14-22(19)25/h2-15,17H,1,16H2. The highest BCUT2D eigenvalue weighted by Gasteiger charge is 2.54.